The Balaban J connectivity index is 1.86. The van der Waals surface area contributed by atoms with E-state index in [4.69, 9.17) is 9.26 Å². The van der Waals surface area contributed by atoms with E-state index >= 15 is 0 Å². The van der Waals surface area contributed by atoms with Crippen molar-refractivity contribution < 1.29 is 17.7 Å². The van der Waals surface area contributed by atoms with Crippen molar-refractivity contribution >= 4 is 9.84 Å². The van der Waals surface area contributed by atoms with E-state index in [-0.39, 0.29) is 17.4 Å². The third-order valence-corrected chi connectivity index (χ3v) is 5.40. The fourth-order valence-corrected chi connectivity index (χ4v) is 4.19. The van der Waals surface area contributed by atoms with Gasteiger partial charge in [0, 0.05) is 5.56 Å². The molecule has 1 fully saturated rings. The molecule has 1 saturated heterocycles. The minimum Gasteiger partial charge on any atom is -0.497 e. The summed E-state index contributed by atoms with van der Waals surface area (Å²) in [7, 11) is -1.40. The van der Waals surface area contributed by atoms with Crippen LogP contribution in [0.3, 0.4) is 0 Å². The lowest BCUT2D eigenvalue weighted by atomic mass is 10.1. The predicted molar refractivity (Wildman–Crippen MR) is 76.9 cm³/mol. The third-order valence-electron chi connectivity index (χ3n) is 3.58. The highest BCUT2D eigenvalue weighted by Crippen LogP contribution is 2.29. The maximum absolute atomic E-state index is 11.7. The third kappa shape index (κ3) is 3.07. The van der Waals surface area contributed by atoms with Crippen LogP contribution in [-0.2, 0) is 9.84 Å². The standard InChI is InChI=1S/C14H16N2O4S/c1-19-12-6-2-4-10(8-12)13-15-14(20-16-13)11-5-3-7-21(17,18)9-11/h2,4,6,8,11H,3,5,7,9H2,1H3. The van der Waals surface area contributed by atoms with Crippen LogP contribution in [0.2, 0.25) is 0 Å². The van der Waals surface area contributed by atoms with Crippen molar-refractivity contribution in [2.45, 2.75) is 18.8 Å². The molecule has 0 amide bonds. The summed E-state index contributed by atoms with van der Waals surface area (Å²) in [5.74, 6) is 1.70. The smallest absolute Gasteiger partial charge is 0.231 e. The van der Waals surface area contributed by atoms with Crippen LogP contribution in [0.4, 0.5) is 0 Å². The van der Waals surface area contributed by atoms with Crippen molar-refractivity contribution in [2.24, 2.45) is 0 Å². The number of benzene rings is 1. The Morgan fingerprint density at radius 1 is 1.38 bits per heavy atom. The molecule has 1 unspecified atom stereocenters. The molecule has 3 rings (SSSR count). The summed E-state index contributed by atoms with van der Waals surface area (Å²) in [5.41, 5.74) is 0.781. The summed E-state index contributed by atoms with van der Waals surface area (Å²) in [6.07, 6.45) is 1.41. The lowest BCUT2D eigenvalue weighted by Gasteiger charge is -2.17. The molecule has 21 heavy (non-hydrogen) atoms. The van der Waals surface area contributed by atoms with Gasteiger partial charge in [-0.1, -0.05) is 17.3 Å². The minimum atomic E-state index is -2.99. The van der Waals surface area contributed by atoms with Gasteiger partial charge in [0.2, 0.25) is 11.7 Å². The van der Waals surface area contributed by atoms with Crippen molar-refractivity contribution in [3.05, 3.63) is 30.2 Å². The molecule has 1 aromatic heterocycles. The van der Waals surface area contributed by atoms with Crippen LogP contribution >= 0.6 is 0 Å². The molecule has 7 heteroatoms. The Hall–Kier alpha value is -1.89. The molecular weight excluding hydrogens is 292 g/mol. The molecule has 0 N–H and O–H groups in total. The predicted octanol–water partition coefficient (Wildman–Crippen LogP) is 2.04. The lowest BCUT2D eigenvalue weighted by molar-refractivity contribution is 0.350. The molecule has 1 aliphatic heterocycles. The molecule has 2 heterocycles. The molecule has 0 radical (unpaired) electrons. The molecule has 1 aromatic carbocycles. The molecule has 0 spiro atoms. The van der Waals surface area contributed by atoms with Crippen LogP contribution in [0, 0.1) is 0 Å². The number of ether oxygens (including phenoxy) is 1. The van der Waals surface area contributed by atoms with E-state index in [2.05, 4.69) is 10.1 Å². The highest BCUT2D eigenvalue weighted by Gasteiger charge is 2.30. The molecule has 0 saturated carbocycles. The van der Waals surface area contributed by atoms with E-state index in [0.29, 0.717) is 23.9 Å². The van der Waals surface area contributed by atoms with Gasteiger partial charge in [-0.3, -0.25) is 0 Å². The molecule has 0 aliphatic carbocycles. The Bertz CT molecular complexity index is 739. The van der Waals surface area contributed by atoms with E-state index < -0.39 is 9.84 Å². The summed E-state index contributed by atoms with van der Waals surface area (Å²) >= 11 is 0. The van der Waals surface area contributed by atoms with Crippen LogP contribution < -0.4 is 4.74 Å². The summed E-state index contributed by atoms with van der Waals surface area (Å²) in [4.78, 5) is 4.35. The first kappa shape index (κ1) is 14.1. The van der Waals surface area contributed by atoms with E-state index in [1.165, 1.54) is 0 Å². The number of aromatic nitrogens is 2. The van der Waals surface area contributed by atoms with E-state index in [1.54, 1.807) is 7.11 Å². The second kappa shape index (κ2) is 5.48. The van der Waals surface area contributed by atoms with E-state index in [1.807, 2.05) is 24.3 Å². The summed E-state index contributed by atoms with van der Waals surface area (Å²) in [6.45, 7) is 0. The van der Waals surface area contributed by atoms with Crippen molar-refractivity contribution in [1.82, 2.24) is 10.1 Å². The molecule has 0 bridgehead atoms. The quantitative estimate of drug-likeness (QED) is 0.863. The van der Waals surface area contributed by atoms with Crippen molar-refractivity contribution in [1.29, 1.82) is 0 Å². The number of nitrogens with zero attached hydrogens (tertiary/aromatic N) is 2. The summed E-state index contributed by atoms with van der Waals surface area (Å²) < 4.78 is 33.8. The zero-order valence-corrected chi connectivity index (χ0v) is 12.5. The largest absolute Gasteiger partial charge is 0.497 e. The fraction of sp³-hybridized carbons (Fsp3) is 0.429. The number of hydrogen-bond acceptors (Lipinski definition) is 6. The number of rotatable bonds is 3. The highest BCUT2D eigenvalue weighted by atomic mass is 32.2. The van der Waals surface area contributed by atoms with Gasteiger partial charge in [-0.2, -0.15) is 4.98 Å². The molecular formula is C14H16N2O4S. The maximum Gasteiger partial charge on any atom is 0.231 e. The lowest BCUT2D eigenvalue weighted by Crippen LogP contribution is -2.23. The SMILES string of the molecule is COc1cccc(-c2noc(C3CCCS(=O)(=O)C3)n2)c1. The number of methoxy groups -OCH3 is 1. The van der Waals surface area contributed by atoms with Gasteiger partial charge >= 0.3 is 0 Å². The fourth-order valence-electron chi connectivity index (χ4n) is 2.50. The number of sulfone groups is 1. The van der Waals surface area contributed by atoms with Gasteiger partial charge in [-0.25, -0.2) is 8.42 Å². The first-order valence-corrected chi connectivity index (χ1v) is 8.58. The Labute approximate surface area is 123 Å². The van der Waals surface area contributed by atoms with Gasteiger partial charge in [-0.05, 0) is 25.0 Å². The molecule has 6 nitrogen and oxygen atoms in total. The average molecular weight is 308 g/mol. The van der Waals surface area contributed by atoms with Crippen LogP contribution in [0.1, 0.15) is 24.7 Å². The Morgan fingerprint density at radius 3 is 3.00 bits per heavy atom. The second-order valence-electron chi connectivity index (χ2n) is 5.14. The molecule has 2 aromatic rings. The van der Waals surface area contributed by atoms with E-state index in [0.717, 1.165) is 12.0 Å². The average Bonchev–Trinajstić information content (AvgIpc) is 2.96. The van der Waals surface area contributed by atoms with Gasteiger partial charge in [0.25, 0.3) is 0 Å². The molecule has 1 aliphatic rings. The first-order valence-electron chi connectivity index (χ1n) is 6.76. The van der Waals surface area contributed by atoms with Crippen LogP contribution in [-0.4, -0.2) is 37.2 Å². The van der Waals surface area contributed by atoms with Gasteiger partial charge in [0.15, 0.2) is 9.84 Å². The van der Waals surface area contributed by atoms with Crippen LogP contribution in [0.5, 0.6) is 5.75 Å². The van der Waals surface area contributed by atoms with Gasteiger partial charge in [0.1, 0.15) is 5.75 Å². The second-order valence-corrected chi connectivity index (χ2v) is 7.37. The van der Waals surface area contributed by atoms with Crippen molar-refractivity contribution in [3.8, 4) is 17.1 Å². The van der Waals surface area contributed by atoms with Crippen LogP contribution in [0.15, 0.2) is 28.8 Å². The monoisotopic (exact) mass is 308 g/mol. The van der Waals surface area contributed by atoms with Gasteiger partial charge in [-0.15, -0.1) is 0 Å². The summed E-state index contributed by atoms with van der Waals surface area (Å²) in [5, 5.41) is 3.95. The zero-order valence-electron chi connectivity index (χ0n) is 11.7. The normalized spacial score (nSPS) is 21.1. The Kier molecular flexibility index (Phi) is 3.67. The molecule has 112 valence electrons. The minimum absolute atomic E-state index is 0.0900. The molecule has 1 atom stereocenters. The first-order chi connectivity index (χ1) is 10.1. The zero-order chi connectivity index (χ0) is 14.9. The van der Waals surface area contributed by atoms with Gasteiger partial charge in [0.05, 0.1) is 24.5 Å². The van der Waals surface area contributed by atoms with Gasteiger partial charge < -0.3 is 9.26 Å². The Morgan fingerprint density at radius 2 is 2.24 bits per heavy atom. The van der Waals surface area contributed by atoms with E-state index in [9.17, 15) is 8.42 Å². The van der Waals surface area contributed by atoms with Crippen molar-refractivity contribution in [3.63, 3.8) is 0 Å². The van der Waals surface area contributed by atoms with Crippen LogP contribution in [0.25, 0.3) is 11.4 Å². The highest BCUT2D eigenvalue weighted by molar-refractivity contribution is 7.91. The summed E-state index contributed by atoms with van der Waals surface area (Å²) in [6, 6.07) is 7.34. The van der Waals surface area contributed by atoms with Crippen molar-refractivity contribution in [2.75, 3.05) is 18.6 Å². The number of hydrogen-bond donors (Lipinski definition) is 0. The maximum atomic E-state index is 11.7. The topological polar surface area (TPSA) is 82.3 Å².